The fourth-order valence-corrected chi connectivity index (χ4v) is 2.81. The smallest absolute Gasteiger partial charge is 0.320 e. The number of nitrogen functional groups attached to an aromatic ring is 1. The lowest BCUT2D eigenvalue weighted by Crippen LogP contribution is -2.36. The van der Waals surface area contributed by atoms with Gasteiger partial charge in [-0.2, -0.15) is 4.98 Å². The number of rotatable bonds is 10. The molecule has 0 spiro atoms. The van der Waals surface area contributed by atoms with Gasteiger partial charge in [-0.1, -0.05) is 12.1 Å². The van der Waals surface area contributed by atoms with Gasteiger partial charge in [-0.25, -0.2) is 9.97 Å². The molecule has 0 saturated heterocycles. The number of fused-ring (bicyclic) bond motifs is 1. The lowest BCUT2D eigenvalue weighted by Gasteiger charge is -2.14. The highest BCUT2D eigenvalue weighted by molar-refractivity contribution is 5.75. The van der Waals surface area contributed by atoms with Crippen LogP contribution >= 0.6 is 0 Å². The van der Waals surface area contributed by atoms with Gasteiger partial charge in [-0.3, -0.25) is 19.4 Å². The van der Waals surface area contributed by atoms with E-state index in [1.807, 2.05) is 24.3 Å². The first-order valence-corrected chi connectivity index (χ1v) is 9.34. The zero-order chi connectivity index (χ0) is 22.4. The van der Waals surface area contributed by atoms with Gasteiger partial charge in [0.1, 0.15) is 6.04 Å². The van der Waals surface area contributed by atoms with Gasteiger partial charge < -0.3 is 26.6 Å². The monoisotopic (exact) mass is 427 g/mol. The molecule has 0 aliphatic rings. The van der Waals surface area contributed by atoms with E-state index in [2.05, 4.69) is 30.6 Å². The number of benzene rings is 1. The predicted molar refractivity (Wildman–Crippen MR) is 111 cm³/mol. The van der Waals surface area contributed by atoms with E-state index in [9.17, 15) is 19.5 Å². The summed E-state index contributed by atoms with van der Waals surface area (Å²) in [5.74, 6) is -2.15. The molecule has 0 aliphatic heterocycles. The van der Waals surface area contributed by atoms with Crippen LogP contribution in [0.5, 0.6) is 0 Å². The van der Waals surface area contributed by atoms with Gasteiger partial charge in [0.2, 0.25) is 5.95 Å². The summed E-state index contributed by atoms with van der Waals surface area (Å²) in [5.41, 5.74) is 7.47. The number of carboxylic acid groups (broad SMARTS) is 2. The molecule has 3 rings (SSSR count). The maximum atomic E-state index is 11.9. The van der Waals surface area contributed by atoms with Crippen molar-refractivity contribution in [1.29, 1.82) is 0 Å². The highest BCUT2D eigenvalue weighted by Gasteiger charge is 2.17. The van der Waals surface area contributed by atoms with Crippen LogP contribution < -0.4 is 21.9 Å². The SMILES string of the molecule is Nc1nc2ncc(CNc3ccc(CNC(CCC(=O)O)C(=O)O)cc3)nc2c(=O)[nH]1. The molecular weight excluding hydrogens is 406 g/mol. The summed E-state index contributed by atoms with van der Waals surface area (Å²) in [7, 11) is 0. The lowest BCUT2D eigenvalue weighted by atomic mass is 10.1. The highest BCUT2D eigenvalue weighted by Crippen LogP contribution is 2.12. The molecule has 0 aliphatic carbocycles. The Hall–Kier alpha value is -4.06. The van der Waals surface area contributed by atoms with E-state index in [4.69, 9.17) is 10.8 Å². The standard InChI is InChI=1S/C19H21N7O5/c20-19-25-16-15(17(29)26-19)24-12(9-23-16)8-21-11-3-1-10(2-4-11)7-22-13(18(30)31)5-6-14(27)28/h1-4,9,13,21-22H,5-8H2,(H,27,28)(H,30,31)(H3,20,23,25,26,29). The number of nitrogens with zero attached hydrogens (tertiary/aromatic N) is 3. The van der Waals surface area contributed by atoms with Crippen LogP contribution in [0.4, 0.5) is 11.6 Å². The number of carboxylic acids is 2. The first-order valence-electron chi connectivity index (χ1n) is 9.34. The van der Waals surface area contributed by atoms with Gasteiger partial charge in [-0.15, -0.1) is 0 Å². The number of nitrogens with two attached hydrogens (primary N) is 1. The van der Waals surface area contributed by atoms with E-state index in [1.165, 1.54) is 6.20 Å². The zero-order valence-corrected chi connectivity index (χ0v) is 16.3. The molecule has 1 atom stereocenters. The van der Waals surface area contributed by atoms with Gasteiger partial charge in [0.15, 0.2) is 11.2 Å². The van der Waals surface area contributed by atoms with Gasteiger partial charge in [0.25, 0.3) is 5.56 Å². The first-order chi connectivity index (χ1) is 14.8. The van der Waals surface area contributed by atoms with Crippen molar-refractivity contribution in [3.05, 3.63) is 52.1 Å². The quantitative estimate of drug-likeness (QED) is 0.260. The number of hydrogen-bond acceptors (Lipinski definition) is 9. The van der Waals surface area contributed by atoms with Gasteiger partial charge in [0.05, 0.1) is 18.4 Å². The molecule has 7 N–H and O–H groups in total. The molecule has 1 aromatic carbocycles. The Morgan fingerprint density at radius 3 is 2.55 bits per heavy atom. The fourth-order valence-electron chi connectivity index (χ4n) is 2.81. The van der Waals surface area contributed by atoms with Crippen LogP contribution in [0.2, 0.25) is 0 Å². The minimum Gasteiger partial charge on any atom is -0.481 e. The van der Waals surface area contributed by atoms with Crippen molar-refractivity contribution in [3.63, 3.8) is 0 Å². The average Bonchev–Trinajstić information content (AvgIpc) is 2.72. The summed E-state index contributed by atoms with van der Waals surface area (Å²) < 4.78 is 0. The van der Waals surface area contributed by atoms with E-state index < -0.39 is 23.5 Å². The van der Waals surface area contributed by atoms with Crippen molar-refractivity contribution in [2.75, 3.05) is 11.1 Å². The Balaban J connectivity index is 1.57. The van der Waals surface area contributed by atoms with Crippen molar-refractivity contribution < 1.29 is 19.8 Å². The van der Waals surface area contributed by atoms with Crippen molar-refractivity contribution in [3.8, 4) is 0 Å². The van der Waals surface area contributed by atoms with Gasteiger partial charge in [0, 0.05) is 18.7 Å². The van der Waals surface area contributed by atoms with E-state index in [1.54, 1.807) is 0 Å². The van der Waals surface area contributed by atoms with Gasteiger partial charge >= 0.3 is 11.9 Å². The molecule has 0 fully saturated rings. The first kappa shape index (κ1) is 21.6. The predicted octanol–water partition coefficient (Wildman–Crippen LogP) is 0.315. The second-order valence-electron chi connectivity index (χ2n) is 6.74. The normalized spacial score (nSPS) is 11.9. The van der Waals surface area contributed by atoms with Crippen molar-refractivity contribution in [2.24, 2.45) is 0 Å². The molecule has 3 aromatic rings. The third kappa shape index (κ3) is 5.96. The van der Waals surface area contributed by atoms with E-state index in [0.717, 1.165) is 11.3 Å². The van der Waals surface area contributed by atoms with E-state index in [-0.39, 0.29) is 36.5 Å². The molecule has 0 bridgehead atoms. The minimum atomic E-state index is -1.09. The molecule has 0 amide bonds. The van der Waals surface area contributed by atoms with Crippen LogP contribution in [0, 0.1) is 0 Å². The Bertz CT molecular complexity index is 1150. The van der Waals surface area contributed by atoms with Crippen LogP contribution in [-0.2, 0) is 22.7 Å². The average molecular weight is 427 g/mol. The highest BCUT2D eigenvalue weighted by atomic mass is 16.4. The van der Waals surface area contributed by atoms with Crippen LogP contribution in [0.3, 0.4) is 0 Å². The molecular formula is C19H21N7O5. The maximum Gasteiger partial charge on any atom is 0.320 e. The number of aliphatic carboxylic acids is 2. The summed E-state index contributed by atoms with van der Waals surface area (Å²) in [6.45, 7) is 0.604. The van der Waals surface area contributed by atoms with Crippen molar-refractivity contribution in [1.82, 2.24) is 25.3 Å². The molecule has 31 heavy (non-hydrogen) atoms. The molecule has 1 unspecified atom stereocenters. The number of nitrogens with one attached hydrogen (secondary N) is 3. The number of H-pyrrole nitrogens is 1. The Morgan fingerprint density at radius 2 is 1.87 bits per heavy atom. The summed E-state index contributed by atoms with van der Waals surface area (Å²) in [5, 5.41) is 23.9. The fraction of sp³-hybridized carbons (Fsp3) is 0.263. The largest absolute Gasteiger partial charge is 0.481 e. The second-order valence-corrected chi connectivity index (χ2v) is 6.74. The summed E-state index contributed by atoms with van der Waals surface area (Å²) >= 11 is 0. The lowest BCUT2D eigenvalue weighted by molar-refractivity contribution is -0.140. The van der Waals surface area contributed by atoms with Crippen molar-refractivity contribution >= 4 is 34.7 Å². The molecule has 12 nitrogen and oxygen atoms in total. The number of anilines is 2. The topological polar surface area (TPSA) is 196 Å². The number of aromatic nitrogens is 4. The van der Waals surface area contributed by atoms with Crippen LogP contribution in [-0.4, -0.2) is 48.1 Å². The second kappa shape index (κ2) is 9.63. The third-order valence-electron chi connectivity index (χ3n) is 4.41. The van der Waals surface area contributed by atoms with Crippen LogP contribution in [0.15, 0.2) is 35.3 Å². The number of carbonyl (C=O) groups is 2. The Morgan fingerprint density at radius 1 is 1.13 bits per heavy atom. The van der Waals surface area contributed by atoms with E-state index >= 15 is 0 Å². The summed E-state index contributed by atoms with van der Waals surface area (Å²) in [6.07, 6.45) is 1.28. The van der Waals surface area contributed by atoms with Gasteiger partial charge in [-0.05, 0) is 24.1 Å². The molecule has 12 heteroatoms. The molecule has 2 heterocycles. The Labute approximate surface area is 175 Å². The summed E-state index contributed by atoms with van der Waals surface area (Å²) in [4.78, 5) is 48.4. The molecule has 0 radical (unpaired) electrons. The van der Waals surface area contributed by atoms with Crippen LogP contribution in [0.25, 0.3) is 11.2 Å². The molecule has 162 valence electrons. The van der Waals surface area contributed by atoms with E-state index in [0.29, 0.717) is 12.2 Å². The van der Waals surface area contributed by atoms with Crippen molar-refractivity contribution in [2.45, 2.75) is 32.0 Å². The summed E-state index contributed by atoms with van der Waals surface area (Å²) in [6, 6.07) is 6.32. The van der Waals surface area contributed by atoms with Crippen LogP contribution in [0.1, 0.15) is 24.1 Å². The minimum absolute atomic E-state index is 0.00203. The molecule has 0 saturated carbocycles. The molecule has 2 aromatic heterocycles. The maximum absolute atomic E-state index is 11.9. The third-order valence-corrected chi connectivity index (χ3v) is 4.41. The number of aromatic amines is 1. The zero-order valence-electron chi connectivity index (χ0n) is 16.3. The number of hydrogen-bond donors (Lipinski definition) is 6. The Kier molecular flexibility index (Phi) is 6.72.